The summed E-state index contributed by atoms with van der Waals surface area (Å²) >= 11 is 3.40. The Morgan fingerprint density at radius 3 is 1.77 bits per heavy atom. The number of nitriles is 3. The number of aryl methyl sites for hydroxylation is 2. The highest BCUT2D eigenvalue weighted by atomic mass is 32.1. The molecule has 356 valence electrons. The van der Waals surface area contributed by atoms with Crippen molar-refractivity contribution < 1.29 is 28.1 Å². The average molecular weight is 983 g/mol. The van der Waals surface area contributed by atoms with Crippen LogP contribution in [0.2, 0.25) is 0 Å². The molecule has 3 aromatic carbocycles. The molecule has 7 rings (SSSR count). The van der Waals surface area contributed by atoms with E-state index in [9.17, 15) is 39.2 Å². The molecule has 0 aliphatic carbocycles. The number of alkyl halides is 3. The van der Waals surface area contributed by atoms with Gasteiger partial charge in [-0.2, -0.15) is 29.0 Å². The molecule has 2 N–H and O–H groups in total. The number of ether oxygens (including phenoxy) is 1. The van der Waals surface area contributed by atoms with Gasteiger partial charge in [0.25, 0.3) is 0 Å². The fourth-order valence-corrected chi connectivity index (χ4v) is 18.2. The van der Waals surface area contributed by atoms with E-state index in [0.717, 1.165) is 58.5 Å². The number of hydrogen-bond acceptors (Lipinski definition) is 9. The van der Waals surface area contributed by atoms with Crippen LogP contribution in [-0.2, 0) is 17.6 Å². The molecule has 0 saturated heterocycles. The minimum Gasteiger partial charge on any atom is -0.470 e. The molecule has 4 heterocycles. The molecule has 0 spiro atoms. The molecular formula is C56H57F3N4O3S2Si. The second-order valence-electron chi connectivity index (χ2n) is 17.7. The van der Waals surface area contributed by atoms with E-state index in [4.69, 9.17) is 4.74 Å². The van der Waals surface area contributed by atoms with Gasteiger partial charge in [-0.15, -0.1) is 22.7 Å². The Kier molecular flexibility index (Phi) is 16.7. The Balaban J connectivity index is 1.37. The quantitative estimate of drug-likeness (QED) is 0.0318. The van der Waals surface area contributed by atoms with Crippen LogP contribution in [-0.4, -0.2) is 56.4 Å². The van der Waals surface area contributed by atoms with Crippen LogP contribution in [0.4, 0.5) is 18.9 Å². The first-order valence-corrected chi connectivity index (χ1v) is 27.4. The Morgan fingerprint density at radius 1 is 0.725 bits per heavy atom. The third-order valence-electron chi connectivity index (χ3n) is 13.2. The zero-order valence-corrected chi connectivity index (χ0v) is 42.0. The first-order valence-electron chi connectivity index (χ1n) is 23.8. The molecule has 1 atom stereocenters. The lowest BCUT2D eigenvalue weighted by Gasteiger charge is -2.30. The van der Waals surface area contributed by atoms with Crippen LogP contribution in [0.1, 0.15) is 88.1 Å². The maximum Gasteiger partial charge on any atom is 0.432 e. The molecule has 2 aliphatic heterocycles. The highest BCUT2D eigenvalue weighted by Gasteiger charge is 2.61. The summed E-state index contributed by atoms with van der Waals surface area (Å²) in [5, 5.41) is 53.4. The number of halogens is 3. The lowest BCUT2D eigenvalue weighted by molar-refractivity contribution is -0.236. The van der Waals surface area contributed by atoms with Crippen molar-refractivity contribution in [2.75, 3.05) is 31.2 Å². The number of rotatable bonds is 21. The van der Waals surface area contributed by atoms with E-state index in [1.165, 1.54) is 87.4 Å². The van der Waals surface area contributed by atoms with Gasteiger partial charge in [-0.3, -0.25) is 0 Å². The molecule has 0 radical (unpaired) electrons. The van der Waals surface area contributed by atoms with E-state index in [2.05, 4.69) is 86.6 Å². The summed E-state index contributed by atoms with van der Waals surface area (Å²) in [5.74, 6) is -0.677. The minimum atomic E-state index is -4.96. The lowest BCUT2D eigenvalue weighted by atomic mass is 9.92. The standard InChI is InChI=1S/C56H57F3N4O3S2Si/c1-4-6-8-10-14-39-18-26-45(27-19-39)69(46-28-20-40(21-29-46)15-11-9-7-5-2)50-34-44(16-12-13-17-48-47(38-62)52(42(36-60)37-61)66-55(48,3)56(57,58)59)67-53(50)54-51(69)35-49(68-54)41-22-24-43(25-23-41)63(30-32-64)31-33-65/h12-13,16-29,34-35,64-65H,4-11,14-15,30-33H2,1-3H3/b16-12+,17-13+. The number of nitrogens with zero attached hydrogens (tertiary/aromatic N) is 4. The lowest BCUT2D eigenvalue weighted by Crippen LogP contribution is -2.72. The largest absolute Gasteiger partial charge is 0.470 e. The van der Waals surface area contributed by atoms with Crippen molar-refractivity contribution in [3.8, 4) is 38.4 Å². The normalized spacial score (nSPS) is 16.1. The third kappa shape index (κ3) is 10.3. The smallest absolute Gasteiger partial charge is 0.432 e. The first-order chi connectivity index (χ1) is 33.4. The molecule has 0 fully saturated rings. The number of thiophene rings is 2. The van der Waals surface area contributed by atoms with Gasteiger partial charge in [0.05, 0.1) is 13.2 Å². The summed E-state index contributed by atoms with van der Waals surface area (Å²) in [6.45, 7) is 6.01. The topological polar surface area (TPSA) is 124 Å². The molecule has 7 nitrogen and oxygen atoms in total. The monoisotopic (exact) mass is 982 g/mol. The van der Waals surface area contributed by atoms with Gasteiger partial charge in [0.1, 0.15) is 23.8 Å². The second-order valence-corrected chi connectivity index (χ2v) is 23.5. The third-order valence-corrected chi connectivity index (χ3v) is 20.8. The fraction of sp³-hybridized carbons (Fsp3) is 0.339. The maximum atomic E-state index is 14.6. The summed E-state index contributed by atoms with van der Waals surface area (Å²) < 4.78 is 49.0. The Bertz CT molecular complexity index is 2780. The zero-order valence-electron chi connectivity index (χ0n) is 39.3. The summed E-state index contributed by atoms with van der Waals surface area (Å²) in [7, 11) is -2.99. The number of aliphatic hydroxyl groups is 2. The zero-order chi connectivity index (χ0) is 49.2. The Morgan fingerprint density at radius 2 is 1.26 bits per heavy atom. The first kappa shape index (κ1) is 50.9. The SMILES string of the molecule is CCCCCCc1ccc([Si]2(c3ccc(CCCCCC)cc3)c3cc(/C=C/C=C/C4=C(C#N)C(=C(C#N)C#N)OC4(C)C(F)(F)F)sc3-c3sc(-c4ccc(N(CCO)CCO)cc4)cc32)cc1. The van der Waals surface area contributed by atoms with Crippen LogP contribution in [0.15, 0.2) is 126 Å². The minimum absolute atomic E-state index is 0.0268. The van der Waals surface area contributed by atoms with Crippen molar-refractivity contribution in [2.24, 2.45) is 0 Å². The van der Waals surface area contributed by atoms with Crippen LogP contribution in [0.25, 0.3) is 26.3 Å². The highest BCUT2D eigenvalue weighted by molar-refractivity contribution is 7.35. The van der Waals surface area contributed by atoms with E-state index in [1.807, 2.05) is 23.1 Å². The molecular weight excluding hydrogens is 926 g/mol. The number of unbranched alkanes of at least 4 members (excludes halogenated alkanes) is 6. The summed E-state index contributed by atoms with van der Waals surface area (Å²) in [6, 6.07) is 36.3. The molecule has 1 unspecified atom stereocenters. The van der Waals surface area contributed by atoms with Crippen molar-refractivity contribution in [1.29, 1.82) is 15.8 Å². The van der Waals surface area contributed by atoms with Crippen molar-refractivity contribution in [2.45, 2.75) is 96.8 Å². The van der Waals surface area contributed by atoms with E-state index in [-0.39, 0.29) is 13.2 Å². The van der Waals surface area contributed by atoms with Crippen LogP contribution in [0.3, 0.4) is 0 Å². The van der Waals surface area contributed by atoms with E-state index < -0.39 is 42.3 Å². The number of aliphatic hydroxyl groups excluding tert-OH is 2. The number of benzene rings is 3. The average Bonchev–Trinajstić information content (AvgIpc) is 4.11. The predicted octanol–water partition coefficient (Wildman–Crippen LogP) is 10.9. The number of anilines is 1. The van der Waals surface area contributed by atoms with Crippen LogP contribution >= 0.6 is 22.7 Å². The molecule has 0 bridgehead atoms. The van der Waals surface area contributed by atoms with Crippen molar-refractivity contribution in [1.82, 2.24) is 0 Å². The van der Waals surface area contributed by atoms with Gasteiger partial charge >= 0.3 is 6.18 Å². The van der Waals surface area contributed by atoms with Gasteiger partial charge in [-0.05, 0) is 100 Å². The van der Waals surface area contributed by atoms with E-state index in [0.29, 0.717) is 13.1 Å². The number of fused-ring (bicyclic) bond motifs is 3. The highest BCUT2D eigenvalue weighted by Crippen LogP contribution is 2.49. The van der Waals surface area contributed by atoms with Gasteiger partial charge in [-0.25, -0.2) is 0 Å². The number of hydrogen-bond donors (Lipinski definition) is 2. The second kappa shape index (κ2) is 22.6. The molecule has 2 aliphatic rings. The van der Waals surface area contributed by atoms with Gasteiger partial charge in [-0.1, -0.05) is 131 Å². The van der Waals surface area contributed by atoms with Gasteiger partial charge in [0, 0.05) is 43.9 Å². The van der Waals surface area contributed by atoms with Crippen LogP contribution < -0.4 is 25.6 Å². The molecule has 69 heavy (non-hydrogen) atoms. The molecule has 5 aromatic rings. The Hall–Kier alpha value is -5.98. The van der Waals surface area contributed by atoms with Crippen molar-refractivity contribution >= 4 is 63.3 Å². The number of allylic oxidation sites excluding steroid dienone is 4. The van der Waals surface area contributed by atoms with Gasteiger partial charge in [0.15, 0.2) is 19.4 Å². The molecule has 0 amide bonds. The van der Waals surface area contributed by atoms with Gasteiger partial charge in [0.2, 0.25) is 5.60 Å². The fourth-order valence-electron chi connectivity index (χ4n) is 9.50. The summed E-state index contributed by atoms with van der Waals surface area (Å²) in [4.78, 5) is 6.35. The van der Waals surface area contributed by atoms with Crippen LogP contribution in [0.5, 0.6) is 0 Å². The molecule has 13 heteroatoms. The van der Waals surface area contributed by atoms with E-state index >= 15 is 0 Å². The predicted molar refractivity (Wildman–Crippen MR) is 277 cm³/mol. The molecule has 2 aromatic heterocycles. The maximum absolute atomic E-state index is 14.6. The Labute approximate surface area is 413 Å². The van der Waals surface area contributed by atoms with Crippen molar-refractivity contribution in [3.63, 3.8) is 0 Å². The van der Waals surface area contributed by atoms with Crippen LogP contribution in [0, 0.1) is 34.0 Å². The van der Waals surface area contributed by atoms with Crippen molar-refractivity contribution in [3.05, 3.63) is 142 Å². The van der Waals surface area contributed by atoms with E-state index in [1.54, 1.807) is 47.0 Å². The summed E-state index contributed by atoms with van der Waals surface area (Å²) in [6.07, 6.45) is 12.7. The van der Waals surface area contributed by atoms with Gasteiger partial charge < -0.3 is 19.8 Å². The molecule has 0 saturated carbocycles. The summed E-state index contributed by atoms with van der Waals surface area (Å²) in [5.41, 5.74) is -0.0527.